The summed E-state index contributed by atoms with van der Waals surface area (Å²) in [7, 11) is 0. The molecule has 0 bridgehead atoms. The van der Waals surface area contributed by atoms with E-state index in [1.54, 1.807) is 29.4 Å². The Bertz CT molecular complexity index is 1210. The van der Waals surface area contributed by atoms with Crippen LogP contribution in [0.1, 0.15) is 12.0 Å². The number of hydrogen-bond donors (Lipinski definition) is 2. The fourth-order valence-corrected chi connectivity index (χ4v) is 4.68. The summed E-state index contributed by atoms with van der Waals surface area (Å²) in [5, 5.41) is 2.88. The molecule has 3 heterocycles. The Morgan fingerprint density at radius 3 is 2.59 bits per heavy atom. The molecule has 8 heteroatoms. The van der Waals surface area contributed by atoms with Gasteiger partial charge in [0.2, 0.25) is 5.91 Å². The molecule has 174 valence electrons. The van der Waals surface area contributed by atoms with Crippen molar-refractivity contribution in [3.63, 3.8) is 0 Å². The van der Waals surface area contributed by atoms with E-state index in [1.807, 2.05) is 48.5 Å². The third-order valence-corrected chi connectivity index (χ3v) is 6.44. The zero-order valence-electron chi connectivity index (χ0n) is 18.6. The Balaban J connectivity index is 1.37. The highest BCUT2D eigenvalue weighted by molar-refractivity contribution is 5.95. The number of nitrogen functional groups attached to an aromatic ring is 1. The lowest BCUT2D eigenvalue weighted by atomic mass is 10.0. The van der Waals surface area contributed by atoms with Gasteiger partial charge in [-0.25, -0.2) is 4.79 Å². The number of amides is 2. The average Bonchev–Trinajstić information content (AvgIpc) is 3.58. The van der Waals surface area contributed by atoms with Crippen LogP contribution in [0.4, 0.5) is 10.5 Å². The average molecular weight is 459 g/mol. The maximum absolute atomic E-state index is 13.6. The Hall–Kier alpha value is -3.91. The van der Waals surface area contributed by atoms with Crippen LogP contribution in [0, 0.1) is 0 Å². The first kappa shape index (κ1) is 21.9. The summed E-state index contributed by atoms with van der Waals surface area (Å²) in [5.41, 5.74) is 9.16. The molecule has 0 aliphatic carbocycles. The van der Waals surface area contributed by atoms with Crippen LogP contribution >= 0.6 is 0 Å². The van der Waals surface area contributed by atoms with Gasteiger partial charge in [-0.1, -0.05) is 42.5 Å². The quantitative estimate of drug-likeness (QED) is 0.572. The highest BCUT2D eigenvalue weighted by Crippen LogP contribution is 2.28. The monoisotopic (exact) mass is 458 g/mol. The largest absolute Gasteiger partial charge is 0.399 e. The fraction of sp³-hybridized carbons (Fsp3) is 0.269. The highest BCUT2D eigenvalue weighted by Gasteiger charge is 2.48. The summed E-state index contributed by atoms with van der Waals surface area (Å²) in [4.78, 5) is 40.6. The molecule has 2 aliphatic rings. The number of nitrogens with zero attached hydrogens (tertiary/aromatic N) is 2. The number of ketones is 1. The Labute approximate surface area is 197 Å². The number of carbonyl (C=O) groups is 3. The van der Waals surface area contributed by atoms with Crippen LogP contribution in [0.3, 0.4) is 0 Å². The molecule has 3 atom stereocenters. The van der Waals surface area contributed by atoms with Crippen molar-refractivity contribution in [2.24, 2.45) is 0 Å². The molecule has 34 heavy (non-hydrogen) atoms. The van der Waals surface area contributed by atoms with Gasteiger partial charge >= 0.3 is 6.03 Å². The summed E-state index contributed by atoms with van der Waals surface area (Å²) >= 11 is 0. The number of carbonyl (C=O) groups excluding carboxylic acids is 3. The molecule has 3 aromatic rings. The van der Waals surface area contributed by atoms with Gasteiger partial charge < -0.3 is 20.7 Å². The van der Waals surface area contributed by atoms with E-state index in [4.69, 9.17) is 10.5 Å². The Kier molecular flexibility index (Phi) is 5.90. The lowest BCUT2D eigenvalue weighted by Gasteiger charge is -2.27. The normalized spacial score (nSPS) is 20.2. The van der Waals surface area contributed by atoms with Gasteiger partial charge in [0.05, 0.1) is 6.10 Å². The summed E-state index contributed by atoms with van der Waals surface area (Å²) < 4.78 is 6.96. The molecule has 3 N–H and O–H groups in total. The van der Waals surface area contributed by atoms with Gasteiger partial charge in [0.15, 0.2) is 5.78 Å². The number of ether oxygens (including phenoxy) is 1. The number of benzene rings is 2. The number of likely N-dealkylation sites (tertiary alicyclic amines) is 1. The lowest BCUT2D eigenvalue weighted by molar-refractivity contribution is -0.138. The van der Waals surface area contributed by atoms with E-state index in [-0.39, 0.29) is 30.8 Å². The molecule has 2 aromatic carbocycles. The molecule has 1 aromatic heterocycles. The zero-order valence-corrected chi connectivity index (χ0v) is 18.6. The van der Waals surface area contributed by atoms with Crippen molar-refractivity contribution in [1.82, 2.24) is 14.8 Å². The van der Waals surface area contributed by atoms with Crippen molar-refractivity contribution >= 4 is 23.4 Å². The highest BCUT2D eigenvalue weighted by atomic mass is 16.5. The molecule has 2 amide bonds. The molecule has 2 aliphatic heterocycles. The van der Waals surface area contributed by atoms with Crippen LogP contribution in [0.2, 0.25) is 0 Å². The predicted molar refractivity (Wildman–Crippen MR) is 127 cm³/mol. The summed E-state index contributed by atoms with van der Waals surface area (Å²) in [6, 6.07) is 17.0. The van der Waals surface area contributed by atoms with Crippen LogP contribution in [-0.2, 0) is 20.7 Å². The van der Waals surface area contributed by atoms with E-state index in [9.17, 15) is 14.4 Å². The Morgan fingerprint density at radius 1 is 1.06 bits per heavy atom. The molecular weight excluding hydrogens is 432 g/mol. The van der Waals surface area contributed by atoms with Gasteiger partial charge in [-0.2, -0.15) is 0 Å². The zero-order chi connectivity index (χ0) is 23.7. The van der Waals surface area contributed by atoms with Crippen molar-refractivity contribution in [1.29, 1.82) is 0 Å². The van der Waals surface area contributed by atoms with Gasteiger partial charge in [-0.3, -0.25) is 14.2 Å². The number of anilines is 1. The number of rotatable bonds is 5. The molecule has 2 fully saturated rings. The first-order chi connectivity index (χ1) is 16.5. The van der Waals surface area contributed by atoms with Gasteiger partial charge in [-0.05, 0) is 41.3 Å². The van der Waals surface area contributed by atoms with Gasteiger partial charge in [-0.15, -0.1) is 0 Å². The van der Waals surface area contributed by atoms with Crippen LogP contribution in [0.15, 0.2) is 73.1 Å². The van der Waals surface area contributed by atoms with E-state index < -0.39 is 18.1 Å². The lowest BCUT2D eigenvalue weighted by Crippen LogP contribution is -2.53. The van der Waals surface area contributed by atoms with Gasteiger partial charge in [0.25, 0.3) is 0 Å². The number of fused-ring (bicyclic) bond motifs is 1. The van der Waals surface area contributed by atoms with E-state index in [1.165, 1.54) is 4.57 Å². The number of Topliss-reactive ketones (excluding diaryl/α,β-unsaturated/α-hetero) is 1. The van der Waals surface area contributed by atoms with Gasteiger partial charge in [0.1, 0.15) is 18.7 Å². The number of nitrogens with two attached hydrogens (primary N) is 1. The maximum Gasteiger partial charge on any atom is 0.326 e. The SMILES string of the molecule is Nc1ccc(CC(NC(=O)n2ccc(-c3ccccc3)c2)C(=O)N2CCC3OCC(=O)C32)cc1. The molecule has 0 radical (unpaired) electrons. The van der Waals surface area contributed by atoms with Crippen molar-refractivity contribution in [2.75, 3.05) is 18.9 Å². The maximum atomic E-state index is 13.6. The number of aromatic nitrogens is 1. The second kappa shape index (κ2) is 9.15. The van der Waals surface area contributed by atoms with Crippen LogP contribution in [0.5, 0.6) is 0 Å². The Morgan fingerprint density at radius 2 is 1.82 bits per heavy atom. The van der Waals surface area contributed by atoms with E-state index >= 15 is 0 Å². The number of nitrogens with one attached hydrogen (secondary N) is 1. The number of hydrogen-bond acceptors (Lipinski definition) is 5. The molecular formula is C26H26N4O4. The summed E-state index contributed by atoms with van der Waals surface area (Å²) in [6.45, 7) is 0.454. The molecule has 5 rings (SSSR count). The van der Waals surface area contributed by atoms with Crippen molar-refractivity contribution in [3.8, 4) is 11.1 Å². The predicted octanol–water partition coefficient (Wildman–Crippen LogP) is 2.48. The fourth-order valence-electron chi connectivity index (χ4n) is 4.68. The smallest absolute Gasteiger partial charge is 0.326 e. The third kappa shape index (κ3) is 4.32. The van der Waals surface area contributed by atoms with Crippen molar-refractivity contribution < 1.29 is 19.1 Å². The first-order valence-electron chi connectivity index (χ1n) is 11.3. The van der Waals surface area contributed by atoms with Gasteiger partial charge in [0, 0.05) is 31.0 Å². The minimum absolute atomic E-state index is 0.0275. The standard InChI is InChI=1S/C26H26N4O4/c27-20-8-6-17(7-9-20)14-21(25(32)30-13-11-23-24(30)22(31)16-34-23)28-26(33)29-12-10-19(15-29)18-4-2-1-3-5-18/h1-10,12,15,21,23-24H,11,13-14,16,27H2,(H,28,33). The summed E-state index contributed by atoms with van der Waals surface area (Å²) in [5.74, 6) is -0.377. The summed E-state index contributed by atoms with van der Waals surface area (Å²) in [6.07, 6.45) is 4.03. The minimum atomic E-state index is -0.842. The second-order valence-electron chi connectivity index (χ2n) is 8.70. The third-order valence-electron chi connectivity index (χ3n) is 6.44. The molecule has 8 nitrogen and oxygen atoms in total. The molecule has 0 saturated carbocycles. The van der Waals surface area contributed by atoms with Crippen LogP contribution in [-0.4, -0.2) is 58.5 Å². The van der Waals surface area contributed by atoms with Crippen molar-refractivity contribution in [3.05, 3.63) is 78.6 Å². The van der Waals surface area contributed by atoms with E-state index in [2.05, 4.69) is 5.32 Å². The minimum Gasteiger partial charge on any atom is -0.399 e. The topological polar surface area (TPSA) is 107 Å². The van der Waals surface area contributed by atoms with Crippen LogP contribution in [0.25, 0.3) is 11.1 Å². The second-order valence-corrected chi connectivity index (χ2v) is 8.70. The molecule has 2 saturated heterocycles. The van der Waals surface area contributed by atoms with E-state index in [0.29, 0.717) is 18.7 Å². The molecule has 0 spiro atoms. The first-order valence-corrected chi connectivity index (χ1v) is 11.3. The van der Waals surface area contributed by atoms with Crippen molar-refractivity contribution in [2.45, 2.75) is 31.0 Å². The molecule has 3 unspecified atom stereocenters. The van der Waals surface area contributed by atoms with E-state index in [0.717, 1.165) is 16.7 Å². The van der Waals surface area contributed by atoms with Crippen LogP contribution < -0.4 is 11.1 Å².